The minimum Gasteiger partial charge on any atom is -0.374 e. The molecule has 1 heterocycles. The van der Waals surface area contributed by atoms with Gasteiger partial charge in [-0.2, -0.15) is 0 Å². The van der Waals surface area contributed by atoms with Crippen molar-refractivity contribution < 1.29 is 22.9 Å². The molecule has 0 saturated heterocycles. The standard InChI is InChI=1S/C9H22O3Si.C4H3NO2/c1-5-9-13(10-6-2,11-7-3)12-8-4;6-3-1-2-4(7)5-3/h5-9H2,1-4H3;1-2H,(H,5,6,7). The van der Waals surface area contributed by atoms with Crippen LogP contribution in [0.2, 0.25) is 6.04 Å². The van der Waals surface area contributed by atoms with Crippen LogP contribution in [0.25, 0.3) is 0 Å². The second-order valence-corrected chi connectivity index (χ2v) is 6.65. The summed E-state index contributed by atoms with van der Waals surface area (Å²) in [6, 6.07) is 0.919. The first-order chi connectivity index (χ1) is 9.53. The lowest BCUT2D eigenvalue weighted by Crippen LogP contribution is -2.45. The first-order valence-corrected chi connectivity index (χ1v) is 8.91. The molecular weight excluding hydrogens is 278 g/mol. The van der Waals surface area contributed by atoms with Gasteiger partial charge in [-0.3, -0.25) is 14.9 Å². The Morgan fingerprint density at radius 2 is 1.30 bits per heavy atom. The molecule has 20 heavy (non-hydrogen) atoms. The van der Waals surface area contributed by atoms with E-state index in [4.69, 9.17) is 13.3 Å². The summed E-state index contributed by atoms with van der Waals surface area (Å²) in [5, 5.41) is 2.03. The second-order valence-electron chi connectivity index (χ2n) is 3.92. The smallest absolute Gasteiger partial charge is 0.374 e. The van der Waals surface area contributed by atoms with Crippen molar-refractivity contribution in [1.29, 1.82) is 0 Å². The van der Waals surface area contributed by atoms with Gasteiger partial charge in [0.25, 0.3) is 11.8 Å². The molecule has 0 aromatic carbocycles. The van der Waals surface area contributed by atoms with Gasteiger partial charge < -0.3 is 13.3 Å². The van der Waals surface area contributed by atoms with Gasteiger partial charge in [0.05, 0.1) is 0 Å². The first-order valence-electron chi connectivity index (χ1n) is 6.98. The number of hydrogen-bond donors (Lipinski definition) is 1. The number of amides is 2. The fraction of sp³-hybridized carbons (Fsp3) is 0.692. The van der Waals surface area contributed by atoms with Gasteiger partial charge in [0, 0.05) is 38.0 Å². The molecule has 0 atom stereocenters. The normalized spacial score (nSPS) is 14.0. The van der Waals surface area contributed by atoms with Gasteiger partial charge in [-0.05, 0) is 20.8 Å². The third kappa shape index (κ3) is 7.54. The van der Waals surface area contributed by atoms with Crippen LogP contribution < -0.4 is 5.32 Å². The zero-order valence-electron chi connectivity index (χ0n) is 12.7. The lowest BCUT2D eigenvalue weighted by atomic mass is 10.6. The van der Waals surface area contributed by atoms with Gasteiger partial charge in [0.1, 0.15) is 0 Å². The van der Waals surface area contributed by atoms with E-state index in [2.05, 4.69) is 6.92 Å². The molecule has 2 amide bonds. The van der Waals surface area contributed by atoms with E-state index in [0.717, 1.165) is 12.5 Å². The summed E-state index contributed by atoms with van der Waals surface area (Å²) in [6.45, 7) is 10.1. The monoisotopic (exact) mass is 303 g/mol. The topological polar surface area (TPSA) is 73.9 Å². The summed E-state index contributed by atoms with van der Waals surface area (Å²) in [7, 11) is -2.30. The molecule has 1 rings (SSSR count). The molecule has 0 fully saturated rings. The Labute approximate surface area is 121 Å². The van der Waals surface area contributed by atoms with Crippen LogP contribution in [-0.2, 0) is 22.9 Å². The van der Waals surface area contributed by atoms with Crippen molar-refractivity contribution in [2.24, 2.45) is 0 Å². The molecule has 0 aromatic heterocycles. The van der Waals surface area contributed by atoms with Crippen molar-refractivity contribution in [3.05, 3.63) is 12.2 Å². The highest BCUT2D eigenvalue weighted by Gasteiger charge is 2.38. The zero-order chi connectivity index (χ0) is 15.4. The molecule has 7 heteroatoms. The van der Waals surface area contributed by atoms with Gasteiger partial charge in [-0.1, -0.05) is 13.3 Å². The van der Waals surface area contributed by atoms with Crippen LogP contribution in [0.4, 0.5) is 0 Å². The van der Waals surface area contributed by atoms with E-state index >= 15 is 0 Å². The fourth-order valence-electron chi connectivity index (χ4n) is 1.66. The molecule has 0 aromatic rings. The highest BCUT2D eigenvalue weighted by molar-refractivity contribution is 6.60. The number of hydrogen-bond acceptors (Lipinski definition) is 5. The molecule has 0 radical (unpaired) electrons. The number of carbonyl (C=O) groups is 2. The van der Waals surface area contributed by atoms with Crippen molar-refractivity contribution in [2.75, 3.05) is 19.8 Å². The van der Waals surface area contributed by atoms with E-state index in [1.54, 1.807) is 0 Å². The Balaban J connectivity index is 0.000000428. The van der Waals surface area contributed by atoms with E-state index < -0.39 is 8.80 Å². The van der Waals surface area contributed by atoms with Crippen LogP contribution >= 0.6 is 0 Å². The zero-order valence-corrected chi connectivity index (χ0v) is 13.7. The van der Waals surface area contributed by atoms with Crippen LogP contribution in [0.5, 0.6) is 0 Å². The predicted molar refractivity (Wildman–Crippen MR) is 78.0 cm³/mol. The third-order valence-electron chi connectivity index (χ3n) is 2.28. The van der Waals surface area contributed by atoms with Gasteiger partial charge >= 0.3 is 8.80 Å². The fourth-order valence-corrected chi connectivity index (χ4v) is 4.28. The lowest BCUT2D eigenvalue weighted by molar-refractivity contribution is -0.123. The second kappa shape index (κ2) is 10.7. The molecule has 0 saturated carbocycles. The molecule has 0 bridgehead atoms. The highest BCUT2D eigenvalue weighted by atomic mass is 28.4. The molecule has 1 N–H and O–H groups in total. The number of imide groups is 1. The van der Waals surface area contributed by atoms with Gasteiger partial charge in [-0.15, -0.1) is 0 Å². The number of nitrogens with one attached hydrogen (secondary N) is 1. The minimum atomic E-state index is -2.30. The molecule has 1 aliphatic rings. The summed E-state index contributed by atoms with van der Waals surface area (Å²) in [6.07, 6.45) is 3.44. The molecule has 0 aliphatic carbocycles. The molecule has 1 aliphatic heterocycles. The summed E-state index contributed by atoms with van der Waals surface area (Å²) >= 11 is 0. The molecule has 116 valence electrons. The molecule has 6 nitrogen and oxygen atoms in total. The van der Waals surface area contributed by atoms with Crippen LogP contribution in [0, 0.1) is 0 Å². The van der Waals surface area contributed by atoms with E-state index in [-0.39, 0.29) is 11.8 Å². The Morgan fingerprint density at radius 1 is 0.900 bits per heavy atom. The average molecular weight is 303 g/mol. The summed E-state index contributed by atoms with van der Waals surface area (Å²) in [4.78, 5) is 20.1. The van der Waals surface area contributed by atoms with Crippen LogP contribution in [0.1, 0.15) is 34.1 Å². The maximum absolute atomic E-state index is 10.0. The Hall–Kier alpha value is -1.02. The Kier molecular flexibility index (Phi) is 10.2. The average Bonchev–Trinajstić information content (AvgIpc) is 2.75. The van der Waals surface area contributed by atoms with E-state index in [1.807, 2.05) is 26.1 Å². The lowest BCUT2D eigenvalue weighted by Gasteiger charge is -2.27. The molecular formula is C13H25NO5Si. The van der Waals surface area contributed by atoms with Crippen molar-refractivity contribution in [3.8, 4) is 0 Å². The van der Waals surface area contributed by atoms with Crippen molar-refractivity contribution >= 4 is 20.6 Å². The van der Waals surface area contributed by atoms with Gasteiger partial charge in [0.2, 0.25) is 0 Å². The first kappa shape index (κ1) is 19.0. The SMILES string of the molecule is CCC[Si](OCC)(OCC)OCC.O=C1C=CC(=O)N1. The summed E-state index contributed by atoms with van der Waals surface area (Å²) in [5.74, 6) is -0.657. The number of carbonyl (C=O) groups excluding carboxylic acids is 2. The van der Waals surface area contributed by atoms with Crippen molar-refractivity contribution in [3.63, 3.8) is 0 Å². The van der Waals surface area contributed by atoms with E-state index in [9.17, 15) is 9.59 Å². The predicted octanol–water partition coefficient (Wildman–Crippen LogP) is 1.64. The van der Waals surface area contributed by atoms with Crippen LogP contribution in [0.15, 0.2) is 12.2 Å². The Morgan fingerprint density at radius 3 is 1.50 bits per heavy atom. The van der Waals surface area contributed by atoms with Gasteiger partial charge in [-0.25, -0.2) is 0 Å². The van der Waals surface area contributed by atoms with Crippen molar-refractivity contribution in [2.45, 2.75) is 40.2 Å². The Bertz CT molecular complexity index is 287. The minimum absolute atomic E-state index is 0.329. The summed E-state index contributed by atoms with van der Waals surface area (Å²) in [5.41, 5.74) is 0. The number of rotatable bonds is 8. The van der Waals surface area contributed by atoms with Crippen LogP contribution in [-0.4, -0.2) is 40.4 Å². The van der Waals surface area contributed by atoms with E-state index in [1.165, 1.54) is 12.2 Å². The quantitative estimate of drug-likeness (QED) is 0.545. The van der Waals surface area contributed by atoms with E-state index in [0.29, 0.717) is 19.8 Å². The largest absolute Gasteiger partial charge is 0.500 e. The highest BCUT2D eigenvalue weighted by Crippen LogP contribution is 2.17. The van der Waals surface area contributed by atoms with Crippen molar-refractivity contribution in [1.82, 2.24) is 5.32 Å². The maximum atomic E-state index is 10.0. The summed E-state index contributed by atoms with van der Waals surface area (Å²) < 4.78 is 16.9. The third-order valence-corrected chi connectivity index (χ3v) is 5.58. The molecule has 0 spiro atoms. The van der Waals surface area contributed by atoms with Crippen LogP contribution in [0.3, 0.4) is 0 Å². The van der Waals surface area contributed by atoms with Gasteiger partial charge in [0.15, 0.2) is 0 Å². The maximum Gasteiger partial charge on any atom is 0.500 e. The molecule has 0 unspecified atom stereocenters.